The van der Waals surface area contributed by atoms with E-state index in [2.05, 4.69) is 16.7 Å². The van der Waals surface area contributed by atoms with E-state index in [0.717, 1.165) is 49.8 Å². The predicted octanol–water partition coefficient (Wildman–Crippen LogP) is 3.28. The van der Waals surface area contributed by atoms with Gasteiger partial charge in [-0.05, 0) is 78.5 Å². The van der Waals surface area contributed by atoms with Gasteiger partial charge in [-0.1, -0.05) is 18.2 Å². The van der Waals surface area contributed by atoms with Crippen molar-refractivity contribution in [1.82, 2.24) is 5.32 Å². The number of hydrogen-bond acceptors (Lipinski definition) is 4. The van der Waals surface area contributed by atoms with Gasteiger partial charge in [0.1, 0.15) is 11.8 Å². The molecule has 29 heavy (non-hydrogen) atoms. The number of amides is 2. The van der Waals surface area contributed by atoms with Crippen LogP contribution in [0.25, 0.3) is 0 Å². The number of esters is 1. The summed E-state index contributed by atoms with van der Waals surface area (Å²) in [4.78, 5) is 25.0. The molecule has 3 N–H and O–H groups in total. The summed E-state index contributed by atoms with van der Waals surface area (Å²) < 4.78 is 4.88. The van der Waals surface area contributed by atoms with Crippen LogP contribution in [0.4, 0.5) is 10.5 Å². The smallest absolute Gasteiger partial charge is 0.328 e. The molecule has 0 fully saturated rings. The standard InChI is InChI=1S/C23H26N2O4/c1-29-22(27)20(12-14-8-10-17(26)11-9-14)24-23(28)25-21-18-6-2-4-15(18)13-16-5-3-7-19(16)21/h8-11,13,20,26H,2-7,12H2,1H3,(H2,24,25,28)/t20-/m1/s1. The first-order chi connectivity index (χ1) is 14.0. The number of ether oxygens (including phenoxy) is 1. The Balaban J connectivity index is 1.52. The number of anilines is 1. The lowest BCUT2D eigenvalue weighted by Crippen LogP contribution is -2.45. The third-order valence-electron chi connectivity index (χ3n) is 5.88. The number of carbonyl (C=O) groups is 2. The van der Waals surface area contributed by atoms with Crippen molar-refractivity contribution in [3.63, 3.8) is 0 Å². The first kappa shape index (κ1) is 19.3. The number of fused-ring (bicyclic) bond motifs is 2. The summed E-state index contributed by atoms with van der Waals surface area (Å²) in [7, 11) is 1.31. The maximum Gasteiger partial charge on any atom is 0.328 e. The zero-order valence-corrected chi connectivity index (χ0v) is 16.6. The molecule has 1 atom stereocenters. The molecule has 0 aliphatic heterocycles. The summed E-state index contributed by atoms with van der Waals surface area (Å²) in [5.41, 5.74) is 6.94. The zero-order valence-electron chi connectivity index (χ0n) is 16.6. The summed E-state index contributed by atoms with van der Waals surface area (Å²) in [6.07, 6.45) is 6.58. The summed E-state index contributed by atoms with van der Waals surface area (Å²) in [5.74, 6) is -0.349. The molecule has 0 heterocycles. The number of methoxy groups -OCH3 is 1. The number of aryl methyl sites for hydroxylation is 2. The summed E-state index contributed by atoms with van der Waals surface area (Å²) in [6.45, 7) is 0. The minimum Gasteiger partial charge on any atom is -0.508 e. The Hall–Kier alpha value is -3.02. The molecule has 0 bridgehead atoms. The molecular formula is C23H26N2O4. The second kappa shape index (κ2) is 8.15. The van der Waals surface area contributed by atoms with E-state index in [1.54, 1.807) is 24.3 Å². The van der Waals surface area contributed by atoms with E-state index in [4.69, 9.17) is 4.74 Å². The zero-order chi connectivity index (χ0) is 20.4. The summed E-state index contributed by atoms with van der Waals surface area (Å²) in [5, 5.41) is 15.3. The van der Waals surface area contributed by atoms with Gasteiger partial charge < -0.3 is 20.5 Å². The number of benzene rings is 2. The van der Waals surface area contributed by atoms with Crippen LogP contribution in [0.2, 0.25) is 0 Å². The van der Waals surface area contributed by atoms with Crippen molar-refractivity contribution in [3.05, 3.63) is 58.1 Å². The SMILES string of the molecule is COC(=O)[C@@H](Cc1ccc(O)cc1)NC(=O)Nc1c2c(cc3c1CCC3)CCC2. The molecule has 0 spiro atoms. The van der Waals surface area contributed by atoms with Crippen LogP contribution in [-0.2, 0) is 41.6 Å². The van der Waals surface area contributed by atoms with Gasteiger partial charge in [0, 0.05) is 12.1 Å². The van der Waals surface area contributed by atoms with E-state index >= 15 is 0 Å². The Bertz CT molecular complexity index is 905. The maximum absolute atomic E-state index is 12.8. The van der Waals surface area contributed by atoms with Gasteiger partial charge in [0.05, 0.1) is 7.11 Å². The Kier molecular flexibility index (Phi) is 5.43. The Morgan fingerprint density at radius 2 is 1.66 bits per heavy atom. The van der Waals surface area contributed by atoms with Crippen molar-refractivity contribution in [2.24, 2.45) is 0 Å². The van der Waals surface area contributed by atoms with Crippen molar-refractivity contribution in [1.29, 1.82) is 0 Å². The largest absolute Gasteiger partial charge is 0.508 e. The van der Waals surface area contributed by atoms with E-state index in [1.807, 2.05) is 0 Å². The molecule has 6 heteroatoms. The van der Waals surface area contributed by atoms with Crippen LogP contribution >= 0.6 is 0 Å². The molecule has 0 aromatic heterocycles. The molecule has 2 aliphatic rings. The van der Waals surface area contributed by atoms with E-state index in [-0.39, 0.29) is 12.2 Å². The van der Waals surface area contributed by atoms with Crippen molar-refractivity contribution >= 4 is 17.7 Å². The molecule has 0 radical (unpaired) electrons. The first-order valence-electron chi connectivity index (χ1n) is 10.1. The highest BCUT2D eigenvalue weighted by molar-refractivity contribution is 5.94. The molecule has 6 nitrogen and oxygen atoms in total. The lowest BCUT2D eigenvalue weighted by Gasteiger charge is -2.20. The average molecular weight is 394 g/mol. The van der Waals surface area contributed by atoms with Gasteiger partial charge in [-0.25, -0.2) is 9.59 Å². The maximum atomic E-state index is 12.8. The first-order valence-corrected chi connectivity index (χ1v) is 10.1. The summed E-state index contributed by atoms with van der Waals surface area (Å²) in [6, 6.07) is 7.67. The molecule has 4 rings (SSSR count). The third-order valence-corrected chi connectivity index (χ3v) is 5.88. The molecule has 2 aromatic carbocycles. The molecule has 0 saturated carbocycles. The van der Waals surface area contributed by atoms with Gasteiger partial charge in [-0.15, -0.1) is 0 Å². The second-order valence-corrected chi connectivity index (χ2v) is 7.78. The Morgan fingerprint density at radius 3 is 2.24 bits per heavy atom. The van der Waals surface area contributed by atoms with E-state index in [1.165, 1.54) is 29.4 Å². The molecule has 152 valence electrons. The van der Waals surface area contributed by atoms with Crippen LogP contribution in [0, 0.1) is 0 Å². The van der Waals surface area contributed by atoms with Gasteiger partial charge in [0.25, 0.3) is 0 Å². The van der Waals surface area contributed by atoms with Gasteiger partial charge in [0.2, 0.25) is 0 Å². The van der Waals surface area contributed by atoms with Crippen molar-refractivity contribution < 1.29 is 19.4 Å². The number of hydrogen-bond donors (Lipinski definition) is 3. The quantitative estimate of drug-likeness (QED) is 0.679. The molecule has 2 aliphatic carbocycles. The fraction of sp³-hybridized carbons (Fsp3) is 0.391. The highest BCUT2D eigenvalue weighted by Gasteiger charge is 2.27. The fourth-order valence-corrected chi connectivity index (χ4v) is 4.48. The lowest BCUT2D eigenvalue weighted by molar-refractivity contribution is -0.142. The van der Waals surface area contributed by atoms with E-state index in [0.29, 0.717) is 0 Å². The highest BCUT2D eigenvalue weighted by Crippen LogP contribution is 2.38. The molecule has 0 unspecified atom stereocenters. The van der Waals surface area contributed by atoms with Gasteiger partial charge in [0.15, 0.2) is 0 Å². The minimum absolute atomic E-state index is 0.154. The monoisotopic (exact) mass is 394 g/mol. The molecular weight excluding hydrogens is 368 g/mol. The topological polar surface area (TPSA) is 87.7 Å². The van der Waals surface area contributed by atoms with Crippen LogP contribution in [0.15, 0.2) is 30.3 Å². The van der Waals surface area contributed by atoms with Crippen LogP contribution in [-0.4, -0.2) is 30.3 Å². The number of aromatic hydroxyl groups is 1. The van der Waals surface area contributed by atoms with Crippen LogP contribution in [0.1, 0.15) is 40.7 Å². The highest BCUT2D eigenvalue weighted by atomic mass is 16.5. The predicted molar refractivity (Wildman–Crippen MR) is 110 cm³/mol. The second-order valence-electron chi connectivity index (χ2n) is 7.78. The summed E-state index contributed by atoms with van der Waals surface area (Å²) >= 11 is 0. The van der Waals surface area contributed by atoms with Crippen molar-refractivity contribution in [2.75, 3.05) is 12.4 Å². The van der Waals surface area contributed by atoms with Gasteiger partial charge in [-0.3, -0.25) is 0 Å². The van der Waals surface area contributed by atoms with Crippen molar-refractivity contribution in [3.8, 4) is 5.75 Å². The van der Waals surface area contributed by atoms with Gasteiger partial charge in [-0.2, -0.15) is 0 Å². The number of phenolic OH excluding ortho intramolecular Hbond substituents is 1. The number of carbonyl (C=O) groups excluding carboxylic acids is 2. The minimum atomic E-state index is -0.811. The van der Waals surface area contributed by atoms with E-state index < -0.39 is 18.0 Å². The number of rotatable bonds is 5. The Labute approximate surface area is 170 Å². The normalized spacial score (nSPS) is 15.3. The number of phenols is 1. The van der Waals surface area contributed by atoms with E-state index in [9.17, 15) is 14.7 Å². The molecule has 2 aromatic rings. The van der Waals surface area contributed by atoms with Gasteiger partial charge >= 0.3 is 12.0 Å². The third kappa shape index (κ3) is 4.06. The average Bonchev–Trinajstić information content (AvgIpc) is 3.37. The van der Waals surface area contributed by atoms with Crippen LogP contribution in [0.3, 0.4) is 0 Å². The molecule has 0 saturated heterocycles. The lowest BCUT2D eigenvalue weighted by atomic mass is 9.99. The number of nitrogens with one attached hydrogen (secondary N) is 2. The Morgan fingerprint density at radius 1 is 1.03 bits per heavy atom. The number of urea groups is 1. The van der Waals surface area contributed by atoms with Crippen molar-refractivity contribution in [2.45, 2.75) is 51.0 Å². The van der Waals surface area contributed by atoms with Crippen LogP contribution < -0.4 is 10.6 Å². The fourth-order valence-electron chi connectivity index (χ4n) is 4.48. The molecule has 2 amide bonds. The van der Waals surface area contributed by atoms with Crippen LogP contribution in [0.5, 0.6) is 5.75 Å².